The van der Waals surface area contributed by atoms with Crippen molar-refractivity contribution in [2.45, 2.75) is 26.7 Å². The highest BCUT2D eigenvalue weighted by molar-refractivity contribution is 5.94. The van der Waals surface area contributed by atoms with Gasteiger partial charge < -0.3 is 14.6 Å². The van der Waals surface area contributed by atoms with Crippen LogP contribution in [0.5, 0.6) is 0 Å². The topological polar surface area (TPSA) is 62.6 Å². The Morgan fingerprint density at radius 2 is 1.92 bits per heavy atom. The number of rotatable bonds is 3. The number of likely N-dealkylation sites (tertiary alicyclic amines) is 1. The number of carbonyl (C=O) groups is 2. The van der Waals surface area contributed by atoms with Gasteiger partial charge in [0.25, 0.3) is 5.91 Å². The van der Waals surface area contributed by atoms with E-state index in [2.05, 4.69) is 11.4 Å². The molecular formula is C19H22N2O3. The summed E-state index contributed by atoms with van der Waals surface area (Å²) in [4.78, 5) is 26.5. The highest BCUT2D eigenvalue weighted by Crippen LogP contribution is 2.23. The maximum atomic E-state index is 12.5. The maximum Gasteiger partial charge on any atom is 0.289 e. The molecule has 1 aromatic carbocycles. The zero-order chi connectivity index (χ0) is 17.1. The quantitative estimate of drug-likeness (QED) is 0.940. The van der Waals surface area contributed by atoms with Gasteiger partial charge in [-0.05, 0) is 50.5 Å². The second-order valence-electron chi connectivity index (χ2n) is 6.35. The minimum atomic E-state index is -0.103. The van der Waals surface area contributed by atoms with Gasteiger partial charge in [0.05, 0.1) is 6.26 Å². The van der Waals surface area contributed by atoms with E-state index in [1.807, 2.05) is 26.0 Å². The molecule has 0 radical (unpaired) electrons. The fourth-order valence-electron chi connectivity index (χ4n) is 3.09. The Labute approximate surface area is 141 Å². The average Bonchev–Trinajstić information content (AvgIpc) is 3.11. The lowest BCUT2D eigenvalue weighted by Crippen LogP contribution is -2.41. The monoisotopic (exact) mass is 326 g/mol. The number of nitrogens with one attached hydrogen (secondary N) is 1. The standard InChI is InChI=1S/C19H22N2O3/c1-13-5-6-16(14(2)12-13)20-18(22)15-7-9-21(10-8-15)19(23)17-4-3-11-24-17/h3-6,11-12,15H,7-10H2,1-2H3,(H,20,22). The number of anilines is 1. The molecular weight excluding hydrogens is 304 g/mol. The zero-order valence-corrected chi connectivity index (χ0v) is 14.0. The molecule has 0 atom stereocenters. The third-order valence-electron chi connectivity index (χ3n) is 4.52. The first-order chi connectivity index (χ1) is 11.5. The molecule has 5 nitrogen and oxygen atoms in total. The van der Waals surface area contributed by atoms with Crippen molar-refractivity contribution < 1.29 is 14.0 Å². The van der Waals surface area contributed by atoms with Gasteiger partial charge in [-0.3, -0.25) is 9.59 Å². The summed E-state index contributed by atoms with van der Waals surface area (Å²) in [6, 6.07) is 9.37. The second-order valence-corrected chi connectivity index (χ2v) is 6.35. The molecule has 1 aliphatic rings. The van der Waals surface area contributed by atoms with Crippen molar-refractivity contribution in [3.8, 4) is 0 Å². The predicted molar refractivity (Wildman–Crippen MR) is 91.9 cm³/mol. The molecule has 0 unspecified atom stereocenters. The van der Waals surface area contributed by atoms with Crippen molar-refractivity contribution >= 4 is 17.5 Å². The Bertz CT molecular complexity index is 729. The molecule has 1 saturated heterocycles. The number of benzene rings is 1. The van der Waals surface area contributed by atoms with Gasteiger partial charge in [0.15, 0.2) is 5.76 Å². The van der Waals surface area contributed by atoms with Crippen molar-refractivity contribution in [1.82, 2.24) is 4.90 Å². The number of furan rings is 1. The van der Waals surface area contributed by atoms with Gasteiger partial charge in [-0.15, -0.1) is 0 Å². The zero-order valence-electron chi connectivity index (χ0n) is 14.0. The molecule has 1 aliphatic heterocycles. The van der Waals surface area contributed by atoms with E-state index in [4.69, 9.17) is 4.42 Å². The van der Waals surface area contributed by atoms with Crippen LogP contribution >= 0.6 is 0 Å². The Kier molecular flexibility index (Phi) is 4.69. The summed E-state index contributed by atoms with van der Waals surface area (Å²) in [5.41, 5.74) is 3.10. The molecule has 126 valence electrons. The molecule has 0 bridgehead atoms. The highest BCUT2D eigenvalue weighted by atomic mass is 16.3. The van der Waals surface area contributed by atoms with Crippen LogP contribution < -0.4 is 5.32 Å². The van der Waals surface area contributed by atoms with E-state index >= 15 is 0 Å². The number of hydrogen-bond donors (Lipinski definition) is 1. The van der Waals surface area contributed by atoms with E-state index in [9.17, 15) is 9.59 Å². The fraction of sp³-hybridized carbons (Fsp3) is 0.368. The Balaban J connectivity index is 1.56. The van der Waals surface area contributed by atoms with E-state index in [-0.39, 0.29) is 17.7 Å². The van der Waals surface area contributed by atoms with Crippen LogP contribution in [0.15, 0.2) is 41.0 Å². The second kappa shape index (κ2) is 6.91. The van der Waals surface area contributed by atoms with Crippen LogP contribution in [0.4, 0.5) is 5.69 Å². The van der Waals surface area contributed by atoms with Crippen LogP contribution in [0.1, 0.15) is 34.5 Å². The van der Waals surface area contributed by atoms with E-state index in [1.54, 1.807) is 17.0 Å². The Morgan fingerprint density at radius 1 is 1.17 bits per heavy atom. The Morgan fingerprint density at radius 3 is 2.54 bits per heavy atom. The minimum Gasteiger partial charge on any atom is -0.459 e. The highest BCUT2D eigenvalue weighted by Gasteiger charge is 2.28. The van der Waals surface area contributed by atoms with Gasteiger partial charge in [-0.2, -0.15) is 0 Å². The number of aryl methyl sites for hydroxylation is 2. The van der Waals surface area contributed by atoms with E-state index in [1.165, 1.54) is 11.8 Å². The first-order valence-electron chi connectivity index (χ1n) is 8.25. The number of piperidine rings is 1. The predicted octanol–water partition coefficient (Wildman–Crippen LogP) is 3.39. The molecule has 0 saturated carbocycles. The molecule has 2 aromatic rings. The summed E-state index contributed by atoms with van der Waals surface area (Å²) in [6.45, 7) is 5.17. The minimum absolute atomic E-state index is 0.0343. The van der Waals surface area contributed by atoms with Crippen LogP contribution in [0.2, 0.25) is 0 Å². The van der Waals surface area contributed by atoms with Gasteiger partial charge in [-0.1, -0.05) is 17.7 Å². The summed E-state index contributed by atoms with van der Waals surface area (Å²) < 4.78 is 5.15. The van der Waals surface area contributed by atoms with Crippen LogP contribution in [-0.2, 0) is 4.79 Å². The van der Waals surface area contributed by atoms with Crippen molar-refractivity contribution in [2.75, 3.05) is 18.4 Å². The fourth-order valence-corrected chi connectivity index (χ4v) is 3.09. The Hall–Kier alpha value is -2.56. The summed E-state index contributed by atoms with van der Waals surface area (Å²) in [6.07, 6.45) is 2.84. The molecule has 24 heavy (non-hydrogen) atoms. The van der Waals surface area contributed by atoms with Gasteiger partial charge in [-0.25, -0.2) is 0 Å². The van der Waals surface area contributed by atoms with Crippen molar-refractivity contribution in [1.29, 1.82) is 0 Å². The van der Waals surface area contributed by atoms with Gasteiger partial charge >= 0.3 is 0 Å². The van der Waals surface area contributed by atoms with E-state index < -0.39 is 0 Å². The molecule has 0 aliphatic carbocycles. The molecule has 3 rings (SSSR count). The first kappa shape index (κ1) is 16.3. The molecule has 5 heteroatoms. The van der Waals surface area contributed by atoms with Crippen molar-refractivity contribution in [2.24, 2.45) is 5.92 Å². The lowest BCUT2D eigenvalue weighted by molar-refractivity contribution is -0.121. The van der Waals surface area contributed by atoms with E-state index in [0.29, 0.717) is 31.7 Å². The summed E-state index contributed by atoms with van der Waals surface area (Å²) in [7, 11) is 0. The third kappa shape index (κ3) is 3.50. The smallest absolute Gasteiger partial charge is 0.289 e. The largest absolute Gasteiger partial charge is 0.459 e. The molecule has 2 amide bonds. The maximum absolute atomic E-state index is 12.5. The van der Waals surface area contributed by atoms with Crippen LogP contribution in [0.3, 0.4) is 0 Å². The van der Waals surface area contributed by atoms with Crippen LogP contribution in [0.25, 0.3) is 0 Å². The van der Waals surface area contributed by atoms with Gasteiger partial charge in [0.2, 0.25) is 5.91 Å². The molecule has 0 spiro atoms. The lowest BCUT2D eigenvalue weighted by atomic mass is 9.95. The SMILES string of the molecule is Cc1ccc(NC(=O)C2CCN(C(=O)c3ccco3)CC2)c(C)c1. The van der Waals surface area contributed by atoms with Gasteiger partial charge in [0, 0.05) is 24.7 Å². The first-order valence-corrected chi connectivity index (χ1v) is 8.25. The van der Waals surface area contributed by atoms with E-state index in [0.717, 1.165) is 11.3 Å². The van der Waals surface area contributed by atoms with Crippen LogP contribution in [-0.4, -0.2) is 29.8 Å². The lowest BCUT2D eigenvalue weighted by Gasteiger charge is -2.30. The molecule has 1 N–H and O–H groups in total. The van der Waals surface area contributed by atoms with Crippen molar-refractivity contribution in [3.63, 3.8) is 0 Å². The average molecular weight is 326 g/mol. The molecule has 1 aromatic heterocycles. The number of carbonyl (C=O) groups excluding carboxylic acids is 2. The summed E-state index contributed by atoms with van der Waals surface area (Å²) in [5.74, 6) is 0.222. The molecule has 1 fully saturated rings. The van der Waals surface area contributed by atoms with Crippen molar-refractivity contribution in [3.05, 3.63) is 53.5 Å². The van der Waals surface area contributed by atoms with Gasteiger partial charge in [0.1, 0.15) is 0 Å². The third-order valence-corrected chi connectivity index (χ3v) is 4.52. The molecule has 2 heterocycles. The summed E-state index contributed by atoms with van der Waals surface area (Å²) >= 11 is 0. The normalized spacial score (nSPS) is 15.3. The number of hydrogen-bond acceptors (Lipinski definition) is 3. The number of amides is 2. The van der Waals surface area contributed by atoms with Crippen LogP contribution in [0, 0.1) is 19.8 Å². The number of nitrogens with zero attached hydrogens (tertiary/aromatic N) is 1. The summed E-state index contributed by atoms with van der Waals surface area (Å²) in [5, 5.41) is 3.02.